The van der Waals surface area contributed by atoms with Crippen molar-refractivity contribution >= 4 is 0 Å². The first kappa shape index (κ1) is 49.4. The summed E-state index contributed by atoms with van der Waals surface area (Å²) in [5.74, 6) is 2.53. The molecule has 3 fully saturated rings. The maximum Gasteiger partial charge on any atom is 0.0429 e. The highest BCUT2D eigenvalue weighted by atomic mass is 15.1. The van der Waals surface area contributed by atoms with Gasteiger partial charge in [0.15, 0.2) is 0 Å². The molecule has 5 nitrogen and oxygen atoms in total. The molecule has 0 aromatic carbocycles. The first-order chi connectivity index (χ1) is 26.3. The molecule has 1 aliphatic carbocycles. The molecule has 2 saturated heterocycles. The average Bonchev–Trinajstić information content (AvgIpc) is 3.22. The van der Waals surface area contributed by atoms with Crippen molar-refractivity contribution in [3.63, 3.8) is 0 Å². The maximum atomic E-state index is 4.54. The predicted molar refractivity (Wildman–Crippen MR) is 238 cm³/mol. The zero-order chi connectivity index (χ0) is 40.1. The highest BCUT2D eigenvalue weighted by Gasteiger charge is 2.15. The van der Waals surface area contributed by atoms with Crippen molar-refractivity contribution in [1.82, 2.24) is 24.8 Å². The third kappa shape index (κ3) is 20.3. The fourth-order valence-corrected chi connectivity index (χ4v) is 7.12. The molecule has 0 radical (unpaired) electrons. The normalized spacial score (nSPS) is 16.3. The molecule has 2 aliphatic heterocycles. The van der Waals surface area contributed by atoms with E-state index in [0.717, 1.165) is 19.0 Å². The Hall–Kier alpha value is -2.63. The number of piperidine rings is 2. The first-order valence-corrected chi connectivity index (χ1v) is 22.6. The quantitative estimate of drug-likeness (QED) is 0.218. The van der Waals surface area contributed by atoms with Crippen LogP contribution in [0, 0.1) is 5.92 Å². The Bertz CT molecular complexity index is 1090. The second kappa shape index (κ2) is 30.6. The van der Waals surface area contributed by atoms with E-state index in [9.17, 15) is 0 Å². The SMILES string of the molecule is CC.CC.CC.CC(C)c1ccc(CC2CCCCC2)cn1.CC(C)c1ccc(CN2CCCCC2)cn1.CC(C)c1ccc(CN2CCCCC2)cn1. The highest BCUT2D eigenvalue weighted by Crippen LogP contribution is 2.27. The van der Waals surface area contributed by atoms with Gasteiger partial charge in [0, 0.05) is 48.8 Å². The molecule has 0 bridgehead atoms. The van der Waals surface area contributed by atoms with Crippen molar-refractivity contribution in [1.29, 1.82) is 0 Å². The molecule has 0 atom stereocenters. The van der Waals surface area contributed by atoms with Gasteiger partial charge in [-0.3, -0.25) is 24.8 Å². The number of hydrogen-bond donors (Lipinski definition) is 0. The number of pyridine rings is 3. The van der Waals surface area contributed by atoms with Crippen molar-refractivity contribution < 1.29 is 0 Å². The van der Waals surface area contributed by atoms with Gasteiger partial charge >= 0.3 is 0 Å². The van der Waals surface area contributed by atoms with Crippen LogP contribution in [0.15, 0.2) is 55.0 Å². The summed E-state index contributed by atoms with van der Waals surface area (Å²) in [5, 5.41) is 0. The number of rotatable bonds is 9. The summed E-state index contributed by atoms with van der Waals surface area (Å²) < 4.78 is 0. The monoisotopic (exact) mass is 744 g/mol. The van der Waals surface area contributed by atoms with Gasteiger partial charge in [-0.05, 0) is 117 Å². The van der Waals surface area contributed by atoms with Crippen LogP contribution in [0.5, 0.6) is 0 Å². The summed E-state index contributed by atoms with van der Waals surface area (Å²) in [4.78, 5) is 18.7. The van der Waals surface area contributed by atoms with E-state index in [1.165, 1.54) is 137 Å². The molecule has 3 aromatic rings. The Morgan fingerprint density at radius 1 is 0.444 bits per heavy atom. The minimum absolute atomic E-state index is 0.532. The van der Waals surface area contributed by atoms with Crippen LogP contribution in [-0.2, 0) is 19.5 Å². The molecule has 0 spiro atoms. The molecule has 1 saturated carbocycles. The van der Waals surface area contributed by atoms with Crippen molar-refractivity contribution in [2.45, 2.75) is 191 Å². The van der Waals surface area contributed by atoms with E-state index in [1.807, 2.05) is 53.9 Å². The van der Waals surface area contributed by atoms with Gasteiger partial charge in [0.05, 0.1) is 0 Å². The minimum atomic E-state index is 0.532. The molecule has 5 heterocycles. The smallest absolute Gasteiger partial charge is 0.0429 e. The molecule has 5 heteroatoms. The molecular formula is C49H85N5. The van der Waals surface area contributed by atoms with Crippen molar-refractivity contribution in [3.8, 4) is 0 Å². The first-order valence-electron chi connectivity index (χ1n) is 22.6. The van der Waals surface area contributed by atoms with Crippen LogP contribution in [0.1, 0.15) is 205 Å². The number of hydrogen-bond acceptors (Lipinski definition) is 5. The number of likely N-dealkylation sites (tertiary alicyclic amines) is 2. The largest absolute Gasteiger partial charge is 0.299 e. The lowest BCUT2D eigenvalue weighted by Crippen LogP contribution is -2.29. The van der Waals surface area contributed by atoms with E-state index in [-0.39, 0.29) is 0 Å². The van der Waals surface area contributed by atoms with Gasteiger partial charge < -0.3 is 0 Å². The lowest BCUT2D eigenvalue weighted by Gasteiger charge is -2.26. The van der Waals surface area contributed by atoms with E-state index in [2.05, 4.69) is 109 Å². The van der Waals surface area contributed by atoms with Crippen LogP contribution in [0.3, 0.4) is 0 Å². The van der Waals surface area contributed by atoms with E-state index in [1.54, 1.807) is 0 Å². The molecular weight excluding hydrogens is 659 g/mol. The topological polar surface area (TPSA) is 45.2 Å². The Balaban J connectivity index is 0.000000378. The summed E-state index contributed by atoms with van der Waals surface area (Å²) in [6.07, 6.45) is 22.8. The van der Waals surface area contributed by atoms with Gasteiger partial charge in [-0.1, -0.05) is 146 Å². The van der Waals surface area contributed by atoms with Crippen molar-refractivity contribution in [2.24, 2.45) is 5.92 Å². The summed E-state index contributed by atoms with van der Waals surface area (Å²) in [6.45, 7) is 32.3. The van der Waals surface area contributed by atoms with Crippen molar-refractivity contribution in [2.75, 3.05) is 26.2 Å². The standard InChI is InChI=1S/C15H23N.2C14H22N2.3C2H6/c1-12(2)15-9-8-14(11-16-15)10-13-6-4-3-5-7-13;2*1-12(2)14-7-6-13(10-15-14)11-16-8-4-3-5-9-16;3*1-2/h8-9,11-13H,3-7,10H2,1-2H3;2*6-7,10,12H,3-5,8-9,11H2,1-2H3;3*1-2H3. The van der Waals surface area contributed by atoms with Crippen LogP contribution >= 0.6 is 0 Å². The lowest BCUT2D eigenvalue weighted by molar-refractivity contribution is 0.220. The van der Waals surface area contributed by atoms with E-state index >= 15 is 0 Å². The van der Waals surface area contributed by atoms with E-state index in [4.69, 9.17) is 0 Å². The molecule has 3 aliphatic rings. The Labute approximate surface area is 335 Å². The Kier molecular flexibility index (Phi) is 28.0. The zero-order valence-corrected chi connectivity index (χ0v) is 37.5. The van der Waals surface area contributed by atoms with Crippen LogP contribution in [0.4, 0.5) is 0 Å². The summed E-state index contributed by atoms with van der Waals surface area (Å²) in [7, 11) is 0. The van der Waals surface area contributed by atoms with Gasteiger partial charge in [0.1, 0.15) is 0 Å². The molecule has 306 valence electrons. The number of aromatic nitrogens is 3. The fourth-order valence-electron chi connectivity index (χ4n) is 7.12. The summed E-state index contributed by atoms with van der Waals surface area (Å²) in [6, 6.07) is 13.3. The predicted octanol–water partition coefficient (Wildman–Crippen LogP) is 13.8. The van der Waals surface area contributed by atoms with Crippen LogP contribution in [0.25, 0.3) is 0 Å². The molecule has 0 amide bonds. The lowest BCUT2D eigenvalue weighted by atomic mass is 9.85. The summed E-state index contributed by atoms with van der Waals surface area (Å²) >= 11 is 0. The Morgan fingerprint density at radius 2 is 0.759 bits per heavy atom. The maximum absolute atomic E-state index is 4.54. The Morgan fingerprint density at radius 3 is 1.06 bits per heavy atom. The minimum Gasteiger partial charge on any atom is -0.299 e. The fraction of sp³-hybridized carbons (Fsp3) is 0.694. The third-order valence-electron chi connectivity index (χ3n) is 10.3. The van der Waals surface area contributed by atoms with Crippen LogP contribution in [-0.4, -0.2) is 50.9 Å². The van der Waals surface area contributed by atoms with E-state index in [0.29, 0.717) is 17.8 Å². The molecule has 54 heavy (non-hydrogen) atoms. The van der Waals surface area contributed by atoms with Crippen molar-refractivity contribution in [3.05, 3.63) is 88.8 Å². The van der Waals surface area contributed by atoms with E-state index < -0.39 is 0 Å². The van der Waals surface area contributed by atoms with Gasteiger partial charge in [-0.15, -0.1) is 0 Å². The van der Waals surface area contributed by atoms with Crippen LogP contribution < -0.4 is 0 Å². The third-order valence-corrected chi connectivity index (χ3v) is 10.3. The second-order valence-corrected chi connectivity index (χ2v) is 15.6. The highest BCUT2D eigenvalue weighted by molar-refractivity contribution is 5.18. The molecule has 0 unspecified atom stereocenters. The molecule has 6 rings (SSSR count). The summed E-state index contributed by atoms with van der Waals surface area (Å²) in [5.41, 5.74) is 7.74. The van der Waals surface area contributed by atoms with Gasteiger partial charge in [-0.2, -0.15) is 0 Å². The average molecular weight is 744 g/mol. The molecule has 0 N–H and O–H groups in total. The van der Waals surface area contributed by atoms with Gasteiger partial charge in [0.25, 0.3) is 0 Å². The van der Waals surface area contributed by atoms with Crippen LogP contribution in [0.2, 0.25) is 0 Å². The molecule has 3 aromatic heterocycles. The van der Waals surface area contributed by atoms with Gasteiger partial charge in [0.2, 0.25) is 0 Å². The van der Waals surface area contributed by atoms with Gasteiger partial charge in [-0.25, -0.2) is 0 Å². The zero-order valence-electron chi connectivity index (χ0n) is 37.5. The second-order valence-electron chi connectivity index (χ2n) is 15.6. The number of nitrogens with zero attached hydrogens (tertiary/aromatic N) is 5.